The molecule has 5 nitrogen and oxygen atoms in total. The summed E-state index contributed by atoms with van der Waals surface area (Å²) in [5, 5.41) is 4.25. The van der Waals surface area contributed by atoms with E-state index in [4.69, 9.17) is 4.74 Å². The fourth-order valence-corrected chi connectivity index (χ4v) is 1.19. The molecule has 2 aromatic heterocycles. The van der Waals surface area contributed by atoms with E-state index in [-0.39, 0.29) is 0 Å². The van der Waals surface area contributed by atoms with E-state index in [2.05, 4.69) is 15.1 Å². The van der Waals surface area contributed by atoms with E-state index in [9.17, 15) is 0 Å². The number of hydrogen-bond acceptors (Lipinski definition) is 4. The largest absolute Gasteiger partial charge is 0.481 e. The van der Waals surface area contributed by atoms with Crippen molar-refractivity contribution in [3.05, 3.63) is 30.4 Å². The third kappa shape index (κ3) is 1.44. The van der Waals surface area contributed by atoms with Gasteiger partial charge in [0.25, 0.3) is 0 Å². The number of aromatic nitrogens is 4. The third-order valence-corrected chi connectivity index (χ3v) is 1.79. The minimum absolute atomic E-state index is 0.668. The van der Waals surface area contributed by atoms with Crippen LogP contribution in [0.25, 0.3) is 5.82 Å². The lowest BCUT2D eigenvalue weighted by atomic mass is 10.5. The van der Waals surface area contributed by atoms with Crippen molar-refractivity contribution in [3.63, 3.8) is 0 Å². The Hall–Kier alpha value is -1.91. The van der Waals surface area contributed by atoms with Crippen LogP contribution >= 0.6 is 0 Å². The summed E-state index contributed by atoms with van der Waals surface area (Å²) < 4.78 is 6.80. The van der Waals surface area contributed by atoms with E-state index in [0.29, 0.717) is 11.7 Å². The van der Waals surface area contributed by atoms with E-state index in [1.54, 1.807) is 24.1 Å². The van der Waals surface area contributed by atoms with Crippen LogP contribution in [0.1, 0.15) is 5.69 Å². The molecule has 0 unspecified atom stereocenters. The van der Waals surface area contributed by atoms with Gasteiger partial charge in [0.05, 0.1) is 12.8 Å². The van der Waals surface area contributed by atoms with Crippen molar-refractivity contribution in [1.82, 2.24) is 19.7 Å². The highest BCUT2D eigenvalue weighted by molar-refractivity contribution is 5.27. The second-order valence-corrected chi connectivity index (χ2v) is 2.81. The molecule has 2 aromatic rings. The molecule has 2 heterocycles. The van der Waals surface area contributed by atoms with E-state index in [1.807, 2.05) is 13.0 Å². The lowest BCUT2D eigenvalue weighted by Gasteiger charge is -2.03. The average Bonchev–Trinajstić information content (AvgIpc) is 2.61. The average molecular weight is 190 g/mol. The van der Waals surface area contributed by atoms with E-state index < -0.39 is 0 Å². The summed E-state index contributed by atoms with van der Waals surface area (Å²) in [6, 6.07) is 3.62. The highest BCUT2D eigenvalue weighted by atomic mass is 16.5. The summed E-state index contributed by atoms with van der Waals surface area (Å²) in [6.45, 7) is 1.90. The van der Waals surface area contributed by atoms with Crippen molar-refractivity contribution >= 4 is 0 Å². The molecule has 0 saturated carbocycles. The Bertz CT molecular complexity index is 424. The summed E-state index contributed by atoms with van der Waals surface area (Å²) >= 11 is 0. The van der Waals surface area contributed by atoms with Gasteiger partial charge in [-0.1, -0.05) is 0 Å². The van der Waals surface area contributed by atoms with Gasteiger partial charge in [0, 0.05) is 18.3 Å². The molecule has 5 heteroatoms. The Morgan fingerprint density at radius 3 is 2.93 bits per heavy atom. The Morgan fingerprint density at radius 2 is 2.29 bits per heavy atom. The number of nitrogens with zero attached hydrogens (tertiary/aromatic N) is 4. The van der Waals surface area contributed by atoms with Crippen LogP contribution in [0, 0.1) is 6.92 Å². The van der Waals surface area contributed by atoms with Crippen LogP contribution in [0.5, 0.6) is 5.88 Å². The number of rotatable bonds is 2. The highest BCUT2D eigenvalue weighted by Gasteiger charge is 2.07. The Labute approximate surface area is 81.4 Å². The summed E-state index contributed by atoms with van der Waals surface area (Å²) in [6.07, 6.45) is 3.14. The predicted octanol–water partition coefficient (Wildman–Crippen LogP) is 0.979. The van der Waals surface area contributed by atoms with Gasteiger partial charge in [-0.25, -0.2) is 9.97 Å². The minimum atomic E-state index is 0.668. The summed E-state index contributed by atoms with van der Waals surface area (Å²) in [7, 11) is 1.61. The molecule has 0 aliphatic carbocycles. The van der Waals surface area contributed by atoms with Crippen LogP contribution in [-0.4, -0.2) is 26.9 Å². The van der Waals surface area contributed by atoms with Gasteiger partial charge in [-0.2, -0.15) is 9.78 Å². The van der Waals surface area contributed by atoms with Crippen molar-refractivity contribution in [3.8, 4) is 11.7 Å². The van der Waals surface area contributed by atoms with Crippen molar-refractivity contribution in [2.75, 3.05) is 7.11 Å². The SMILES string of the molecule is COc1cc(C)nn1-c1ccncn1. The van der Waals surface area contributed by atoms with E-state index in [1.165, 1.54) is 6.33 Å². The van der Waals surface area contributed by atoms with Crippen molar-refractivity contribution in [2.24, 2.45) is 0 Å². The first-order valence-corrected chi connectivity index (χ1v) is 4.18. The predicted molar refractivity (Wildman–Crippen MR) is 50.4 cm³/mol. The third-order valence-electron chi connectivity index (χ3n) is 1.79. The van der Waals surface area contributed by atoms with Crippen LogP contribution in [0.3, 0.4) is 0 Å². The van der Waals surface area contributed by atoms with E-state index >= 15 is 0 Å². The van der Waals surface area contributed by atoms with Gasteiger partial charge in [0.2, 0.25) is 5.88 Å². The molecule has 0 amide bonds. The summed E-state index contributed by atoms with van der Waals surface area (Å²) in [5.74, 6) is 1.37. The molecule has 2 rings (SSSR count). The first-order chi connectivity index (χ1) is 6.81. The van der Waals surface area contributed by atoms with Crippen LogP contribution in [0.4, 0.5) is 0 Å². The minimum Gasteiger partial charge on any atom is -0.481 e. The van der Waals surface area contributed by atoms with Gasteiger partial charge in [0.15, 0.2) is 5.82 Å². The molecular formula is C9H10N4O. The first kappa shape index (κ1) is 8.68. The molecule has 14 heavy (non-hydrogen) atoms. The van der Waals surface area contributed by atoms with Gasteiger partial charge in [0.1, 0.15) is 6.33 Å². The lowest BCUT2D eigenvalue weighted by molar-refractivity contribution is 0.382. The monoisotopic (exact) mass is 190 g/mol. The zero-order chi connectivity index (χ0) is 9.97. The van der Waals surface area contributed by atoms with Crippen LogP contribution in [0.2, 0.25) is 0 Å². The van der Waals surface area contributed by atoms with Crippen molar-refractivity contribution in [2.45, 2.75) is 6.92 Å². The zero-order valence-corrected chi connectivity index (χ0v) is 8.01. The van der Waals surface area contributed by atoms with E-state index in [0.717, 1.165) is 5.69 Å². The molecule has 72 valence electrons. The number of hydrogen-bond donors (Lipinski definition) is 0. The second-order valence-electron chi connectivity index (χ2n) is 2.81. The van der Waals surface area contributed by atoms with Gasteiger partial charge in [-0.3, -0.25) is 0 Å². The number of ether oxygens (including phenoxy) is 1. The molecular weight excluding hydrogens is 180 g/mol. The Morgan fingerprint density at radius 1 is 1.43 bits per heavy atom. The van der Waals surface area contributed by atoms with Gasteiger partial charge >= 0.3 is 0 Å². The molecule has 0 atom stereocenters. The van der Waals surface area contributed by atoms with Crippen molar-refractivity contribution < 1.29 is 4.74 Å². The van der Waals surface area contributed by atoms with Gasteiger partial charge in [-0.05, 0) is 6.92 Å². The maximum atomic E-state index is 5.16. The maximum Gasteiger partial charge on any atom is 0.218 e. The molecule has 0 bridgehead atoms. The van der Waals surface area contributed by atoms with Gasteiger partial charge in [-0.15, -0.1) is 0 Å². The Balaban J connectivity index is 2.51. The molecule has 0 aromatic carbocycles. The number of aryl methyl sites for hydroxylation is 1. The summed E-state index contributed by atoms with van der Waals surface area (Å²) in [4.78, 5) is 7.92. The zero-order valence-electron chi connectivity index (χ0n) is 8.01. The van der Waals surface area contributed by atoms with Crippen molar-refractivity contribution in [1.29, 1.82) is 0 Å². The van der Waals surface area contributed by atoms with Gasteiger partial charge < -0.3 is 4.74 Å². The normalized spacial score (nSPS) is 10.1. The molecule has 0 aliphatic rings. The first-order valence-electron chi connectivity index (χ1n) is 4.18. The molecule has 0 radical (unpaired) electrons. The topological polar surface area (TPSA) is 52.8 Å². The molecule has 0 spiro atoms. The highest BCUT2D eigenvalue weighted by Crippen LogP contribution is 2.16. The second kappa shape index (κ2) is 3.45. The molecule has 0 aliphatic heterocycles. The fraction of sp³-hybridized carbons (Fsp3) is 0.222. The summed E-state index contributed by atoms with van der Waals surface area (Å²) in [5.41, 5.74) is 0.889. The molecule has 0 fully saturated rings. The maximum absolute atomic E-state index is 5.16. The fourth-order valence-electron chi connectivity index (χ4n) is 1.19. The molecule has 0 saturated heterocycles. The van der Waals surface area contributed by atoms with Crippen LogP contribution in [-0.2, 0) is 0 Å². The molecule has 0 N–H and O–H groups in total. The smallest absolute Gasteiger partial charge is 0.218 e. The number of methoxy groups -OCH3 is 1. The standard InChI is InChI=1S/C9H10N4O/c1-7-5-9(14-2)13(12-7)8-3-4-10-6-11-8/h3-6H,1-2H3. The van der Waals surface area contributed by atoms with Crippen LogP contribution < -0.4 is 4.74 Å². The Kier molecular flexibility index (Phi) is 2.14. The lowest BCUT2D eigenvalue weighted by Crippen LogP contribution is -2.02. The quantitative estimate of drug-likeness (QED) is 0.708. The van der Waals surface area contributed by atoms with Crippen LogP contribution in [0.15, 0.2) is 24.7 Å².